The van der Waals surface area contributed by atoms with Gasteiger partial charge in [-0.2, -0.15) is 0 Å². The van der Waals surface area contributed by atoms with E-state index in [1.165, 1.54) is 38.5 Å². The number of carbonyl (C=O) groups excluding carboxylic acids is 1. The van der Waals surface area contributed by atoms with Gasteiger partial charge < -0.3 is 4.74 Å². The molecule has 0 spiro atoms. The van der Waals surface area contributed by atoms with Crippen molar-refractivity contribution in [3.63, 3.8) is 0 Å². The largest absolute Gasteiger partial charge is 0.460 e. The summed E-state index contributed by atoms with van der Waals surface area (Å²) < 4.78 is 5.78. The summed E-state index contributed by atoms with van der Waals surface area (Å²) in [5.41, 5.74) is 0.0300. The van der Waals surface area contributed by atoms with Crippen molar-refractivity contribution >= 4 is 5.97 Å². The highest BCUT2D eigenvalue weighted by Gasteiger charge is 2.51. The molecule has 0 atom stereocenters. The second-order valence-corrected chi connectivity index (χ2v) is 8.58. The highest BCUT2D eigenvalue weighted by molar-refractivity contribution is 5.71. The molecule has 0 aliphatic heterocycles. The Kier molecular flexibility index (Phi) is 3.63. The predicted molar refractivity (Wildman–Crippen MR) is 80.3 cm³/mol. The minimum Gasteiger partial charge on any atom is -0.460 e. The van der Waals surface area contributed by atoms with Crippen LogP contribution in [0.3, 0.4) is 0 Å². The van der Waals surface area contributed by atoms with E-state index in [-0.39, 0.29) is 11.6 Å². The first kappa shape index (κ1) is 14.4. The second kappa shape index (κ2) is 5.03. The Balaban J connectivity index is 1.61. The molecule has 4 bridgehead atoms. The van der Waals surface area contributed by atoms with Gasteiger partial charge in [-0.25, -0.2) is 0 Å². The maximum atomic E-state index is 12.4. The number of hydrogen-bond donors (Lipinski definition) is 0. The summed E-state index contributed by atoms with van der Waals surface area (Å²) in [5, 5.41) is 0. The topological polar surface area (TPSA) is 26.3 Å². The van der Waals surface area contributed by atoms with Crippen LogP contribution >= 0.6 is 0 Å². The summed E-state index contributed by atoms with van der Waals surface area (Å²) in [5.74, 6) is 2.80. The molecule has 0 radical (unpaired) electrons. The summed E-state index contributed by atoms with van der Waals surface area (Å²) in [6.07, 6.45) is 10.9. The van der Waals surface area contributed by atoms with Crippen LogP contribution in [0.4, 0.5) is 0 Å². The number of rotatable bonds is 5. The Labute approximate surface area is 123 Å². The van der Waals surface area contributed by atoms with E-state index in [4.69, 9.17) is 4.74 Å². The molecule has 0 N–H and O–H groups in total. The fourth-order valence-corrected chi connectivity index (χ4v) is 5.81. The molecule has 0 aromatic heterocycles. The highest BCUT2D eigenvalue weighted by Crippen LogP contribution is 2.61. The van der Waals surface area contributed by atoms with E-state index in [9.17, 15) is 4.79 Å². The van der Waals surface area contributed by atoms with Gasteiger partial charge in [-0.1, -0.05) is 13.3 Å². The lowest BCUT2D eigenvalue weighted by Crippen LogP contribution is -2.47. The Hall–Kier alpha value is -0.530. The molecular formula is C18H30O2. The molecule has 0 amide bonds. The third-order valence-electron chi connectivity index (χ3n) is 5.93. The van der Waals surface area contributed by atoms with Crippen molar-refractivity contribution in [2.45, 2.75) is 84.2 Å². The van der Waals surface area contributed by atoms with Gasteiger partial charge in [0, 0.05) is 0 Å². The standard InChI is InChI=1S/C18H30O2/c1-4-5-17(2,3)20-16(19)12-18-9-13-6-14(10-18)8-15(7-13)11-18/h13-15H,4-12H2,1-3H3. The van der Waals surface area contributed by atoms with Crippen molar-refractivity contribution in [3.8, 4) is 0 Å². The lowest BCUT2D eigenvalue weighted by molar-refractivity contribution is -0.164. The number of carbonyl (C=O) groups is 1. The van der Waals surface area contributed by atoms with Gasteiger partial charge in [-0.05, 0) is 82.0 Å². The van der Waals surface area contributed by atoms with E-state index in [0.717, 1.165) is 30.6 Å². The van der Waals surface area contributed by atoms with Crippen LogP contribution in [-0.2, 0) is 9.53 Å². The molecule has 20 heavy (non-hydrogen) atoms. The monoisotopic (exact) mass is 278 g/mol. The minimum absolute atomic E-state index is 0.0606. The first-order valence-electron chi connectivity index (χ1n) is 8.62. The Bertz CT molecular complexity index is 348. The van der Waals surface area contributed by atoms with Crippen LogP contribution in [0, 0.1) is 23.2 Å². The molecule has 0 heterocycles. The van der Waals surface area contributed by atoms with Gasteiger partial charge in [0.2, 0.25) is 0 Å². The number of ether oxygens (including phenoxy) is 1. The molecule has 4 aliphatic carbocycles. The van der Waals surface area contributed by atoms with Gasteiger partial charge in [0.05, 0.1) is 6.42 Å². The molecule has 4 saturated carbocycles. The van der Waals surface area contributed by atoms with Crippen molar-refractivity contribution in [2.75, 3.05) is 0 Å². The van der Waals surface area contributed by atoms with E-state index in [1.807, 2.05) is 13.8 Å². The van der Waals surface area contributed by atoms with Gasteiger partial charge in [-0.15, -0.1) is 0 Å². The molecule has 4 aliphatic rings. The molecule has 0 saturated heterocycles. The summed E-state index contributed by atoms with van der Waals surface area (Å²) in [6.45, 7) is 6.25. The molecule has 0 aromatic rings. The molecule has 4 rings (SSSR count). The molecule has 0 unspecified atom stereocenters. The van der Waals surface area contributed by atoms with Crippen LogP contribution in [0.25, 0.3) is 0 Å². The van der Waals surface area contributed by atoms with Crippen LogP contribution < -0.4 is 0 Å². The van der Waals surface area contributed by atoms with E-state index >= 15 is 0 Å². The third-order valence-corrected chi connectivity index (χ3v) is 5.93. The smallest absolute Gasteiger partial charge is 0.306 e. The van der Waals surface area contributed by atoms with Crippen molar-refractivity contribution in [3.05, 3.63) is 0 Å². The molecule has 4 fully saturated rings. The zero-order valence-corrected chi connectivity index (χ0v) is 13.4. The van der Waals surface area contributed by atoms with Gasteiger partial charge in [-0.3, -0.25) is 4.79 Å². The van der Waals surface area contributed by atoms with Crippen LogP contribution in [-0.4, -0.2) is 11.6 Å². The van der Waals surface area contributed by atoms with Crippen LogP contribution in [0.5, 0.6) is 0 Å². The van der Waals surface area contributed by atoms with Crippen LogP contribution in [0.1, 0.15) is 78.6 Å². The van der Waals surface area contributed by atoms with Gasteiger partial charge in [0.1, 0.15) is 5.60 Å². The average Bonchev–Trinajstić information content (AvgIpc) is 2.23. The summed E-state index contributed by atoms with van der Waals surface area (Å²) >= 11 is 0. The SMILES string of the molecule is CCCC(C)(C)OC(=O)CC12CC3CC(CC(C3)C1)C2. The van der Waals surface area contributed by atoms with E-state index in [2.05, 4.69) is 6.92 Å². The normalized spacial score (nSPS) is 39.0. The molecule has 2 heteroatoms. The van der Waals surface area contributed by atoms with Gasteiger partial charge >= 0.3 is 5.97 Å². The van der Waals surface area contributed by atoms with Crippen molar-refractivity contribution in [1.82, 2.24) is 0 Å². The van der Waals surface area contributed by atoms with E-state index in [1.54, 1.807) is 0 Å². The molecule has 2 nitrogen and oxygen atoms in total. The fraction of sp³-hybridized carbons (Fsp3) is 0.944. The maximum Gasteiger partial charge on any atom is 0.306 e. The average molecular weight is 278 g/mol. The first-order chi connectivity index (χ1) is 9.40. The quantitative estimate of drug-likeness (QED) is 0.680. The van der Waals surface area contributed by atoms with E-state index in [0.29, 0.717) is 11.8 Å². The predicted octanol–water partition coefficient (Wildman–Crippen LogP) is 4.71. The maximum absolute atomic E-state index is 12.4. The fourth-order valence-electron chi connectivity index (χ4n) is 5.81. The summed E-state index contributed by atoms with van der Waals surface area (Å²) in [7, 11) is 0. The minimum atomic E-state index is -0.284. The molecular weight excluding hydrogens is 248 g/mol. The van der Waals surface area contributed by atoms with Gasteiger partial charge in [0.15, 0.2) is 0 Å². The Morgan fingerprint density at radius 2 is 1.60 bits per heavy atom. The number of esters is 1. The summed E-state index contributed by atoms with van der Waals surface area (Å²) in [6, 6.07) is 0. The van der Waals surface area contributed by atoms with Crippen LogP contribution in [0.2, 0.25) is 0 Å². The van der Waals surface area contributed by atoms with Crippen molar-refractivity contribution in [2.24, 2.45) is 23.2 Å². The zero-order chi connectivity index (χ0) is 14.4. The van der Waals surface area contributed by atoms with Crippen molar-refractivity contribution < 1.29 is 9.53 Å². The second-order valence-electron chi connectivity index (χ2n) is 8.58. The third kappa shape index (κ3) is 2.89. The lowest BCUT2D eigenvalue weighted by atomic mass is 9.49. The first-order valence-corrected chi connectivity index (χ1v) is 8.62. The summed E-state index contributed by atoms with van der Waals surface area (Å²) in [4.78, 5) is 12.4. The number of hydrogen-bond acceptors (Lipinski definition) is 2. The van der Waals surface area contributed by atoms with Crippen LogP contribution in [0.15, 0.2) is 0 Å². The van der Waals surface area contributed by atoms with Gasteiger partial charge in [0.25, 0.3) is 0 Å². The Morgan fingerprint density at radius 1 is 1.10 bits per heavy atom. The zero-order valence-electron chi connectivity index (χ0n) is 13.4. The van der Waals surface area contributed by atoms with Crippen molar-refractivity contribution in [1.29, 1.82) is 0 Å². The van der Waals surface area contributed by atoms with E-state index < -0.39 is 0 Å². The lowest BCUT2D eigenvalue weighted by Gasteiger charge is -2.56. The highest BCUT2D eigenvalue weighted by atomic mass is 16.6. The Morgan fingerprint density at radius 3 is 2.05 bits per heavy atom. The molecule has 114 valence electrons. The molecule has 0 aromatic carbocycles.